The summed E-state index contributed by atoms with van der Waals surface area (Å²) in [6.07, 6.45) is 0. The molecule has 0 atom stereocenters. The number of para-hydroxylation sites is 2. The van der Waals surface area contributed by atoms with Gasteiger partial charge >= 0.3 is 5.63 Å². The minimum Gasteiger partial charge on any atom is -0.506 e. The van der Waals surface area contributed by atoms with Crippen molar-refractivity contribution in [2.45, 2.75) is 0 Å². The van der Waals surface area contributed by atoms with Gasteiger partial charge in [0.15, 0.2) is 0 Å². The Labute approximate surface area is 123 Å². The summed E-state index contributed by atoms with van der Waals surface area (Å²) in [5, 5.41) is 11.8. The maximum absolute atomic E-state index is 12.3. The van der Waals surface area contributed by atoms with Gasteiger partial charge in [0.25, 0.3) is 5.91 Å². The van der Waals surface area contributed by atoms with Gasteiger partial charge in [-0.25, -0.2) is 9.79 Å². The molecule has 22 heavy (non-hydrogen) atoms. The van der Waals surface area contributed by atoms with Gasteiger partial charge in [0.1, 0.15) is 16.9 Å². The molecule has 0 unspecified atom stereocenters. The number of hydrogen-bond donors (Lipinski definition) is 1. The first-order chi connectivity index (χ1) is 10.7. The van der Waals surface area contributed by atoms with E-state index in [0.29, 0.717) is 16.0 Å². The van der Waals surface area contributed by atoms with Crippen molar-refractivity contribution in [1.82, 2.24) is 0 Å². The Morgan fingerprint density at radius 2 is 1.68 bits per heavy atom. The second-order valence-corrected chi connectivity index (χ2v) is 4.92. The average molecular weight is 291 g/mol. The van der Waals surface area contributed by atoms with Crippen LogP contribution < -0.4 is 16.2 Å². The van der Waals surface area contributed by atoms with Gasteiger partial charge in [-0.2, -0.15) is 0 Å². The number of aromatic hydroxyl groups is 1. The zero-order valence-electron chi connectivity index (χ0n) is 11.2. The molecule has 5 heteroatoms. The lowest BCUT2D eigenvalue weighted by Crippen LogP contribution is -2.24. The molecule has 2 aromatic carbocycles. The molecule has 0 saturated heterocycles. The molecule has 1 aromatic heterocycles. The van der Waals surface area contributed by atoms with Crippen LogP contribution in [0.2, 0.25) is 0 Å². The Morgan fingerprint density at radius 3 is 2.55 bits per heavy atom. The van der Waals surface area contributed by atoms with E-state index in [9.17, 15) is 14.7 Å². The van der Waals surface area contributed by atoms with Crippen LogP contribution in [0.25, 0.3) is 16.5 Å². The second-order valence-electron chi connectivity index (χ2n) is 4.92. The molecule has 4 rings (SSSR count). The number of carbonyl (C=O) groups excluding carboxylic acids is 1. The first-order valence-electron chi connectivity index (χ1n) is 6.64. The number of rotatable bonds is 1. The normalized spacial score (nSPS) is 13.3. The Bertz CT molecular complexity index is 1130. The molecule has 3 aromatic rings. The van der Waals surface area contributed by atoms with Gasteiger partial charge in [-0.1, -0.05) is 30.3 Å². The van der Waals surface area contributed by atoms with E-state index in [-0.39, 0.29) is 22.5 Å². The Morgan fingerprint density at radius 1 is 0.955 bits per heavy atom. The van der Waals surface area contributed by atoms with Crippen molar-refractivity contribution in [3.63, 3.8) is 0 Å². The van der Waals surface area contributed by atoms with Crippen LogP contribution in [-0.2, 0) is 4.79 Å². The molecule has 0 spiro atoms. The van der Waals surface area contributed by atoms with Gasteiger partial charge in [0.05, 0.1) is 16.3 Å². The smallest absolute Gasteiger partial charge is 0.348 e. The molecule has 5 nitrogen and oxygen atoms in total. The summed E-state index contributed by atoms with van der Waals surface area (Å²) in [6.45, 7) is 0. The summed E-state index contributed by atoms with van der Waals surface area (Å²) in [5.41, 5.74) is -0.554. The predicted octanol–water partition coefficient (Wildman–Crippen LogP) is 0.857. The van der Waals surface area contributed by atoms with E-state index in [1.54, 1.807) is 48.5 Å². The van der Waals surface area contributed by atoms with Gasteiger partial charge in [-0.05, 0) is 18.2 Å². The molecule has 0 aliphatic carbocycles. The molecular formula is C17H9NO4. The number of amides is 1. The lowest BCUT2D eigenvalue weighted by atomic mass is 10.0. The fourth-order valence-electron chi connectivity index (χ4n) is 2.66. The van der Waals surface area contributed by atoms with E-state index in [1.807, 2.05) is 0 Å². The predicted molar refractivity (Wildman–Crippen MR) is 78.9 cm³/mol. The molecule has 1 amide bonds. The minimum absolute atomic E-state index is 0.0765. The molecule has 0 fully saturated rings. The van der Waals surface area contributed by atoms with E-state index < -0.39 is 11.5 Å². The number of carbonyl (C=O) groups is 1. The van der Waals surface area contributed by atoms with Crippen LogP contribution in [0.3, 0.4) is 0 Å². The number of benzene rings is 2. The number of hydrogen-bond acceptors (Lipinski definition) is 4. The summed E-state index contributed by atoms with van der Waals surface area (Å²) in [6, 6.07) is 13.5. The molecule has 0 saturated carbocycles. The second kappa shape index (κ2) is 4.39. The van der Waals surface area contributed by atoms with Crippen molar-refractivity contribution >= 4 is 22.4 Å². The van der Waals surface area contributed by atoms with E-state index in [1.165, 1.54) is 0 Å². The highest BCUT2D eigenvalue weighted by molar-refractivity contribution is 6.22. The van der Waals surface area contributed by atoms with Crippen molar-refractivity contribution in [2.24, 2.45) is 4.99 Å². The molecule has 2 heterocycles. The van der Waals surface area contributed by atoms with Crippen LogP contribution >= 0.6 is 0 Å². The van der Waals surface area contributed by atoms with Crippen LogP contribution in [-0.4, -0.2) is 11.0 Å². The topological polar surface area (TPSA) is 79.9 Å². The highest BCUT2D eigenvalue weighted by Crippen LogP contribution is 2.30. The maximum Gasteiger partial charge on any atom is 0.348 e. The van der Waals surface area contributed by atoms with Crippen molar-refractivity contribution in [3.05, 3.63) is 75.1 Å². The first kappa shape index (κ1) is 12.5. The molecule has 106 valence electrons. The zero-order chi connectivity index (χ0) is 15.3. The SMILES string of the molecule is O=C1N=c2ccccc2=C1c1c(O)c2ccccc2oc1=O. The van der Waals surface area contributed by atoms with Crippen molar-refractivity contribution < 1.29 is 14.3 Å². The summed E-state index contributed by atoms with van der Waals surface area (Å²) in [5.74, 6) is -0.818. The Balaban J connectivity index is 2.20. The van der Waals surface area contributed by atoms with Gasteiger partial charge in [-0.3, -0.25) is 4.79 Å². The molecule has 1 N–H and O–H groups in total. The van der Waals surface area contributed by atoms with Crippen LogP contribution in [0.5, 0.6) is 5.75 Å². The van der Waals surface area contributed by atoms with Gasteiger partial charge in [-0.15, -0.1) is 0 Å². The van der Waals surface area contributed by atoms with Crippen LogP contribution in [0.4, 0.5) is 0 Å². The fourth-order valence-corrected chi connectivity index (χ4v) is 2.66. The summed E-state index contributed by atoms with van der Waals surface area (Å²) in [7, 11) is 0. The van der Waals surface area contributed by atoms with E-state index in [4.69, 9.17) is 4.42 Å². The van der Waals surface area contributed by atoms with Crippen molar-refractivity contribution in [1.29, 1.82) is 0 Å². The first-order valence-corrected chi connectivity index (χ1v) is 6.64. The van der Waals surface area contributed by atoms with Crippen LogP contribution in [0, 0.1) is 0 Å². The summed E-state index contributed by atoms with van der Waals surface area (Å²) >= 11 is 0. The van der Waals surface area contributed by atoms with Gasteiger partial charge in [0, 0.05) is 5.22 Å². The quantitative estimate of drug-likeness (QED) is 0.674. The number of fused-ring (bicyclic) bond motifs is 2. The monoisotopic (exact) mass is 291 g/mol. The van der Waals surface area contributed by atoms with Crippen molar-refractivity contribution in [2.75, 3.05) is 0 Å². The largest absolute Gasteiger partial charge is 0.506 e. The zero-order valence-corrected chi connectivity index (χ0v) is 11.2. The Hall–Kier alpha value is -3.21. The standard InChI is InChI=1S/C17H9NO4/c19-15-10-6-2-4-8-12(10)22-17(21)14(15)13-9-5-1-3-7-11(9)18-16(13)20/h1-8,19H. The average Bonchev–Trinajstić information content (AvgIpc) is 2.84. The maximum atomic E-state index is 12.3. The third kappa shape index (κ3) is 1.62. The van der Waals surface area contributed by atoms with Crippen LogP contribution in [0.15, 0.2) is 62.7 Å². The molecule has 1 aliphatic rings. The van der Waals surface area contributed by atoms with Gasteiger partial charge < -0.3 is 9.52 Å². The van der Waals surface area contributed by atoms with Crippen molar-refractivity contribution in [3.8, 4) is 5.75 Å². The fraction of sp³-hybridized carbons (Fsp3) is 0. The van der Waals surface area contributed by atoms with E-state index in [2.05, 4.69) is 4.99 Å². The molecule has 1 aliphatic heterocycles. The molecule has 0 radical (unpaired) electrons. The number of nitrogens with zero attached hydrogens (tertiary/aromatic N) is 1. The molecule has 0 bridgehead atoms. The highest BCUT2D eigenvalue weighted by atomic mass is 16.4. The molecular weight excluding hydrogens is 282 g/mol. The van der Waals surface area contributed by atoms with Gasteiger partial charge in [0.2, 0.25) is 0 Å². The van der Waals surface area contributed by atoms with E-state index in [0.717, 1.165) is 0 Å². The third-order valence-corrected chi connectivity index (χ3v) is 3.65. The summed E-state index contributed by atoms with van der Waals surface area (Å²) in [4.78, 5) is 28.3. The van der Waals surface area contributed by atoms with Crippen LogP contribution in [0.1, 0.15) is 5.56 Å². The van der Waals surface area contributed by atoms with E-state index >= 15 is 0 Å². The lowest BCUT2D eigenvalue weighted by molar-refractivity contribution is -0.112. The third-order valence-electron chi connectivity index (χ3n) is 3.65. The highest BCUT2D eigenvalue weighted by Gasteiger charge is 2.26. The summed E-state index contributed by atoms with van der Waals surface area (Å²) < 4.78 is 5.22. The minimum atomic E-state index is -0.758. The lowest BCUT2D eigenvalue weighted by Gasteiger charge is -2.05. The Kier molecular flexibility index (Phi) is 2.50.